The van der Waals surface area contributed by atoms with E-state index in [1.165, 1.54) is 0 Å². The largest absolute Gasteiger partial charge is 0.468 e. The van der Waals surface area contributed by atoms with E-state index in [0.717, 1.165) is 19.4 Å². The molecule has 4 nitrogen and oxygen atoms in total. The summed E-state index contributed by atoms with van der Waals surface area (Å²) in [5.41, 5.74) is -0.733. The Bertz CT molecular complexity index is 570. The van der Waals surface area contributed by atoms with E-state index in [4.69, 9.17) is 0 Å². The van der Waals surface area contributed by atoms with Crippen LogP contribution in [0, 0.1) is 0 Å². The SMILES string of the molecule is CC.CCC(C)(O)c1cc2c(Br)cncc2s1.CCOC=O. The van der Waals surface area contributed by atoms with Gasteiger partial charge in [-0.1, -0.05) is 20.8 Å². The Labute approximate surface area is 144 Å². The van der Waals surface area contributed by atoms with Gasteiger partial charge in [0.05, 0.1) is 16.9 Å². The lowest BCUT2D eigenvalue weighted by Crippen LogP contribution is -2.17. The number of hydrogen-bond acceptors (Lipinski definition) is 5. The molecule has 0 aliphatic heterocycles. The molecule has 1 N–H and O–H groups in total. The molecular weight excluding hydrogens is 366 g/mol. The predicted molar refractivity (Wildman–Crippen MR) is 96.2 cm³/mol. The number of aromatic nitrogens is 1. The van der Waals surface area contributed by atoms with Crippen LogP contribution < -0.4 is 0 Å². The van der Waals surface area contributed by atoms with Gasteiger partial charge in [-0.05, 0) is 42.3 Å². The summed E-state index contributed by atoms with van der Waals surface area (Å²) in [6.07, 6.45) is 4.32. The predicted octanol–water partition coefficient (Wildman–Crippen LogP) is 4.88. The number of ether oxygens (including phenoxy) is 1. The minimum absolute atomic E-state index is 0.431. The normalized spacial score (nSPS) is 12.3. The van der Waals surface area contributed by atoms with Crippen LogP contribution in [0.3, 0.4) is 0 Å². The lowest BCUT2D eigenvalue weighted by atomic mass is 10.0. The van der Waals surface area contributed by atoms with Crippen molar-refractivity contribution in [2.24, 2.45) is 0 Å². The molecule has 0 aliphatic carbocycles. The zero-order valence-corrected chi connectivity index (χ0v) is 16.1. The molecule has 6 heteroatoms. The third kappa shape index (κ3) is 6.02. The van der Waals surface area contributed by atoms with E-state index < -0.39 is 5.60 Å². The topological polar surface area (TPSA) is 59.4 Å². The van der Waals surface area contributed by atoms with Crippen molar-refractivity contribution in [2.45, 2.75) is 46.6 Å². The highest BCUT2D eigenvalue weighted by Gasteiger charge is 2.23. The first-order valence-electron chi connectivity index (χ1n) is 7.27. The summed E-state index contributed by atoms with van der Waals surface area (Å²) < 4.78 is 6.24. The van der Waals surface area contributed by atoms with Gasteiger partial charge < -0.3 is 9.84 Å². The maximum Gasteiger partial charge on any atom is 0.293 e. The molecule has 124 valence electrons. The molecule has 0 fully saturated rings. The first kappa shape index (κ1) is 21.0. The van der Waals surface area contributed by atoms with Crippen molar-refractivity contribution in [1.82, 2.24) is 4.98 Å². The van der Waals surface area contributed by atoms with Crippen LogP contribution in [0.4, 0.5) is 0 Å². The molecule has 0 amide bonds. The number of carbonyl (C=O) groups excluding carboxylic acids is 1. The Balaban J connectivity index is 0.000000540. The highest BCUT2D eigenvalue weighted by atomic mass is 79.9. The van der Waals surface area contributed by atoms with Gasteiger partial charge in [0.1, 0.15) is 0 Å². The van der Waals surface area contributed by atoms with Crippen molar-refractivity contribution in [3.63, 3.8) is 0 Å². The molecule has 0 spiro atoms. The molecule has 22 heavy (non-hydrogen) atoms. The fourth-order valence-electron chi connectivity index (χ4n) is 1.44. The Hall–Kier alpha value is -0.980. The van der Waals surface area contributed by atoms with Crippen LogP contribution >= 0.6 is 27.3 Å². The van der Waals surface area contributed by atoms with Crippen molar-refractivity contribution < 1.29 is 14.6 Å². The molecule has 0 radical (unpaired) electrons. The highest BCUT2D eigenvalue weighted by molar-refractivity contribution is 9.10. The van der Waals surface area contributed by atoms with E-state index in [1.54, 1.807) is 24.5 Å². The summed E-state index contributed by atoms with van der Waals surface area (Å²) in [4.78, 5) is 14.3. The smallest absolute Gasteiger partial charge is 0.293 e. The van der Waals surface area contributed by atoms with Crippen molar-refractivity contribution in [2.75, 3.05) is 6.61 Å². The molecule has 1 atom stereocenters. The summed E-state index contributed by atoms with van der Waals surface area (Å²) in [6.45, 7) is 10.5. The first-order chi connectivity index (χ1) is 10.5. The third-order valence-electron chi connectivity index (χ3n) is 2.85. The number of nitrogens with zero attached hydrogens (tertiary/aromatic N) is 1. The average Bonchev–Trinajstić information content (AvgIpc) is 2.97. The molecule has 0 saturated carbocycles. The van der Waals surface area contributed by atoms with Crippen LogP contribution in [0.2, 0.25) is 0 Å². The lowest BCUT2D eigenvalue weighted by Gasteiger charge is -2.18. The van der Waals surface area contributed by atoms with Crippen LogP contribution in [0.15, 0.2) is 22.9 Å². The number of halogens is 1. The van der Waals surface area contributed by atoms with E-state index in [9.17, 15) is 9.90 Å². The van der Waals surface area contributed by atoms with Crippen molar-refractivity contribution in [1.29, 1.82) is 0 Å². The van der Waals surface area contributed by atoms with Gasteiger partial charge >= 0.3 is 0 Å². The second-order valence-corrected chi connectivity index (χ2v) is 6.26. The summed E-state index contributed by atoms with van der Waals surface area (Å²) >= 11 is 5.06. The van der Waals surface area contributed by atoms with Crippen molar-refractivity contribution >= 4 is 43.8 Å². The van der Waals surface area contributed by atoms with Gasteiger partial charge in [-0.15, -0.1) is 11.3 Å². The van der Waals surface area contributed by atoms with Gasteiger partial charge in [-0.2, -0.15) is 0 Å². The van der Waals surface area contributed by atoms with E-state index in [1.807, 2.05) is 40.0 Å². The van der Waals surface area contributed by atoms with Crippen molar-refractivity contribution in [3.05, 3.63) is 27.8 Å². The average molecular weight is 390 g/mol. The maximum absolute atomic E-state index is 10.2. The molecule has 2 heterocycles. The first-order valence-corrected chi connectivity index (χ1v) is 8.88. The van der Waals surface area contributed by atoms with E-state index in [-0.39, 0.29) is 0 Å². The van der Waals surface area contributed by atoms with E-state index >= 15 is 0 Å². The Morgan fingerprint density at radius 2 is 2.05 bits per heavy atom. The highest BCUT2D eigenvalue weighted by Crippen LogP contribution is 2.37. The summed E-state index contributed by atoms with van der Waals surface area (Å²) in [7, 11) is 0. The van der Waals surface area contributed by atoms with Gasteiger partial charge in [-0.25, -0.2) is 0 Å². The molecule has 2 rings (SSSR count). The molecule has 0 aromatic carbocycles. The number of aliphatic hydroxyl groups is 1. The Kier molecular flexibility index (Phi) is 10.2. The van der Waals surface area contributed by atoms with Crippen LogP contribution in [-0.2, 0) is 15.1 Å². The monoisotopic (exact) mass is 389 g/mol. The van der Waals surface area contributed by atoms with Gasteiger partial charge in [0, 0.05) is 27.1 Å². The minimum Gasteiger partial charge on any atom is -0.468 e. The van der Waals surface area contributed by atoms with Gasteiger partial charge in [0.2, 0.25) is 0 Å². The van der Waals surface area contributed by atoms with Gasteiger partial charge in [0.15, 0.2) is 0 Å². The van der Waals surface area contributed by atoms with Crippen LogP contribution in [0.5, 0.6) is 0 Å². The second kappa shape index (κ2) is 10.7. The molecule has 2 aromatic heterocycles. The zero-order chi connectivity index (χ0) is 17.2. The molecule has 0 bridgehead atoms. The van der Waals surface area contributed by atoms with Gasteiger partial charge in [-0.3, -0.25) is 9.78 Å². The number of hydrogen-bond donors (Lipinski definition) is 1. The van der Waals surface area contributed by atoms with Crippen molar-refractivity contribution in [3.8, 4) is 0 Å². The quantitative estimate of drug-likeness (QED) is 0.756. The van der Waals surface area contributed by atoms with E-state index in [0.29, 0.717) is 19.5 Å². The number of fused-ring (bicyclic) bond motifs is 1. The number of pyridine rings is 1. The van der Waals surface area contributed by atoms with Crippen LogP contribution in [0.1, 0.15) is 45.9 Å². The fourth-order valence-corrected chi connectivity index (χ4v) is 3.18. The summed E-state index contributed by atoms with van der Waals surface area (Å²) in [5, 5.41) is 11.3. The summed E-state index contributed by atoms with van der Waals surface area (Å²) in [6, 6.07) is 2.04. The Morgan fingerprint density at radius 1 is 1.41 bits per heavy atom. The minimum atomic E-state index is -0.733. The molecule has 1 unspecified atom stereocenters. The number of thiophene rings is 1. The van der Waals surface area contributed by atoms with Gasteiger partial charge in [0.25, 0.3) is 6.47 Å². The van der Waals surface area contributed by atoms with Crippen LogP contribution in [0.25, 0.3) is 10.1 Å². The van der Waals surface area contributed by atoms with Crippen LogP contribution in [-0.4, -0.2) is 23.2 Å². The fraction of sp³-hybridized carbons (Fsp3) is 0.500. The Morgan fingerprint density at radius 3 is 2.45 bits per heavy atom. The third-order valence-corrected chi connectivity index (χ3v) is 4.81. The molecular formula is C16H24BrNO3S. The zero-order valence-electron chi connectivity index (χ0n) is 13.7. The number of rotatable bonds is 4. The molecule has 2 aromatic rings. The molecule has 0 saturated heterocycles. The summed E-state index contributed by atoms with van der Waals surface area (Å²) in [5.74, 6) is 0. The number of carbonyl (C=O) groups is 1. The lowest BCUT2D eigenvalue weighted by molar-refractivity contribution is -0.128. The maximum atomic E-state index is 10.2. The second-order valence-electron chi connectivity index (χ2n) is 4.32. The standard InChI is InChI=1S/C11H12BrNOS.C3H6O2.C2H6/c1-3-11(2,14)10-4-7-8(12)5-13-6-9(7)15-10;1-2-5-3-4;1-2/h4-6,14H,3H2,1-2H3;3H,2H2,1H3;1-2H3. The van der Waals surface area contributed by atoms with E-state index in [2.05, 4.69) is 25.7 Å². The molecule has 0 aliphatic rings.